The van der Waals surface area contributed by atoms with Crippen LogP contribution in [0.4, 0.5) is 0 Å². The SMILES string of the molecule is O=C(c1ccc(Cl)cc1Cl)N1CCc2c([nH]c3ccccc23)[C@H]1c1ccc(Cl)cc1. The Morgan fingerprint density at radius 2 is 1.67 bits per heavy atom. The second-order valence-electron chi connectivity index (χ2n) is 7.39. The number of nitrogens with one attached hydrogen (secondary N) is 1. The number of halogens is 3. The van der Waals surface area contributed by atoms with E-state index in [1.807, 2.05) is 41.3 Å². The topological polar surface area (TPSA) is 36.1 Å². The number of para-hydroxylation sites is 1. The largest absolute Gasteiger partial charge is 0.356 e. The number of H-pyrrole nitrogens is 1. The van der Waals surface area contributed by atoms with Gasteiger partial charge in [0.15, 0.2) is 0 Å². The summed E-state index contributed by atoms with van der Waals surface area (Å²) in [5.74, 6) is -0.124. The Kier molecular flexibility index (Phi) is 4.98. The van der Waals surface area contributed by atoms with Crippen LogP contribution in [0.15, 0.2) is 66.7 Å². The Morgan fingerprint density at radius 1 is 0.933 bits per heavy atom. The predicted octanol–water partition coefficient (Wildman–Crippen LogP) is 6.92. The van der Waals surface area contributed by atoms with Gasteiger partial charge in [0.05, 0.1) is 16.6 Å². The lowest BCUT2D eigenvalue weighted by Gasteiger charge is -2.36. The van der Waals surface area contributed by atoms with E-state index >= 15 is 0 Å². The van der Waals surface area contributed by atoms with Crippen molar-refractivity contribution >= 4 is 51.6 Å². The molecule has 1 N–H and O–H groups in total. The van der Waals surface area contributed by atoms with E-state index in [9.17, 15) is 4.79 Å². The van der Waals surface area contributed by atoms with E-state index in [0.717, 1.165) is 23.2 Å². The van der Waals surface area contributed by atoms with Crippen molar-refractivity contribution < 1.29 is 4.79 Å². The number of hydrogen-bond donors (Lipinski definition) is 1. The summed E-state index contributed by atoms with van der Waals surface area (Å²) >= 11 is 18.5. The van der Waals surface area contributed by atoms with Crippen LogP contribution < -0.4 is 0 Å². The van der Waals surface area contributed by atoms with Crippen molar-refractivity contribution in [2.45, 2.75) is 12.5 Å². The van der Waals surface area contributed by atoms with E-state index in [4.69, 9.17) is 34.8 Å². The summed E-state index contributed by atoms with van der Waals surface area (Å²) in [6, 6.07) is 20.6. The summed E-state index contributed by atoms with van der Waals surface area (Å²) in [5.41, 5.74) is 4.78. The van der Waals surface area contributed by atoms with Crippen molar-refractivity contribution in [3.63, 3.8) is 0 Å². The van der Waals surface area contributed by atoms with E-state index < -0.39 is 0 Å². The number of carbonyl (C=O) groups is 1. The lowest BCUT2D eigenvalue weighted by molar-refractivity contribution is 0.0692. The molecule has 1 aliphatic heterocycles. The molecule has 0 saturated heterocycles. The number of amides is 1. The zero-order chi connectivity index (χ0) is 20.8. The molecule has 3 aromatic carbocycles. The molecule has 0 saturated carbocycles. The molecular weight excluding hydrogens is 439 g/mol. The molecule has 2 heterocycles. The summed E-state index contributed by atoms with van der Waals surface area (Å²) in [4.78, 5) is 19.0. The van der Waals surface area contributed by atoms with Crippen molar-refractivity contribution in [3.8, 4) is 0 Å². The van der Waals surface area contributed by atoms with Gasteiger partial charge in [-0.3, -0.25) is 4.79 Å². The summed E-state index contributed by atoms with van der Waals surface area (Å²) in [7, 11) is 0. The van der Waals surface area contributed by atoms with E-state index in [1.165, 1.54) is 10.9 Å². The normalized spacial score (nSPS) is 16.0. The van der Waals surface area contributed by atoms with Crippen LogP contribution in [0, 0.1) is 0 Å². The Labute approximate surface area is 189 Å². The van der Waals surface area contributed by atoms with E-state index in [0.29, 0.717) is 27.2 Å². The first kappa shape index (κ1) is 19.5. The number of benzene rings is 3. The average molecular weight is 456 g/mol. The molecule has 1 atom stereocenters. The Hall–Kier alpha value is -2.46. The standard InChI is InChI=1S/C24H17Cl3N2O/c25-15-7-5-14(6-8-15)23-22-18(17-3-1-2-4-21(17)28-22)11-12-29(23)24(30)19-10-9-16(26)13-20(19)27/h1-10,13,23,28H,11-12H2/t23-/m1/s1. The van der Waals surface area contributed by atoms with Gasteiger partial charge in [0, 0.05) is 33.2 Å². The maximum atomic E-state index is 13.6. The van der Waals surface area contributed by atoms with Gasteiger partial charge in [-0.25, -0.2) is 0 Å². The monoisotopic (exact) mass is 454 g/mol. The fourth-order valence-electron chi connectivity index (χ4n) is 4.27. The summed E-state index contributed by atoms with van der Waals surface area (Å²) in [6.07, 6.45) is 0.764. The highest BCUT2D eigenvalue weighted by Crippen LogP contribution is 2.40. The number of hydrogen-bond acceptors (Lipinski definition) is 1. The molecule has 150 valence electrons. The molecule has 1 amide bonds. The van der Waals surface area contributed by atoms with Crippen molar-refractivity contribution in [1.29, 1.82) is 0 Å². The van der Waals surface area contributed by atoms with Gasteiger partial charge >= 0.3 is 0 Å². The Bertz CT molecular complexity index is 1260. The molecule has 4 aromatic rings. The van der Waals surface area contributed by atoms with Crippen LogP contribution in [-0.2, 0) is 6.42 Å². The third-order valence-electron chi connectivity index (χ3n) is 5.64. The van der Waals surface area contributed by atoms with Gasteiger partial charge in [-0.1, -0.05) is 65.1 Å². The van der Waals surface area contributed by atoms with Crippen LogP contribution in [0.3, 0.4) is 0 Å². The van der Waals surface area contributed by atoms with Crippen molar-refractivity contribution in [1.82, 2.24) is 9.88 Å². The van der Waals surface area contributed by atoms with Crippen molar-refractivity contribution in [2.75, 3.05) is 6.54 Å². The molecule has 5 rings (SSSR count). The predicted molar refractivity (Wildman–Crippen MR) is 123 cm³/mol. The van der Waals surface area contributed by atoms with Crippen molar-refractivity contribution in [3.05, 3.63) is 104 Å². The summed E-state index contributed by atoms with van der Waals surface area (Å²) in [5, 5.41) is 2.71. The van der Waals surface area contributed by atoms with E-state index in [2.05, 4.69) is 17.1 Å². The lowest BCUT2D eigenvalue weighted by Crippen LogP contribution is -2.40. The van der Waals surface area contributed by atoms with Gasteiger partial charge in [0.25, 0.3) is 5.91 Å². The molecule has 1 aromatic heterocycles. The average Bonchev–Trinajstić information content (AvgIpc) is 3.12. The Balaban J connectivity index is 1.66. The number of aromatic nitrogens is 1. The fourth-order valence-corrected chi connectivity index (χ4v) is 4.88. The van der Waals surface area contributed by atoms with E-state index in [-0.39, 0.29) is 11.9 Å². The quantitative estimate of drug-likeness (QED) is 0.350. The molecule has 0 bridgehead atoms. The van der Waals surface area contributed by atoms with Gasteiger partial charge in [-0.15, -0.1) is 0 Å². The van der Waals surface area contributed by atoms with Gasteiger partial charge in [-0.2, -0.15) is 0 Å². The third kappa shape index (κ3) is 3.27. The molecular formula is C24H17Cl3N2O. The second kappa shape index (κ2) is 7.66. The van der Waals surface area contributed by atoms with Crippen LogP contribution in [-0.4, -0.2) is 22.3 Å². The first-order valence-electron chi connectivity index (χ1n) is 9.64. The van der Waals surface area contributed by atoms with Gasteiger partial charge in [0.2, 0.25) is 0 Å². The van der Waals surface area contributed by atoms with Crippen LogP contribution in [0.25, 0.3) is 10.9 Å². The first-order chi connectivity index (χ1) is 14.5. The van der Waals surface area contributed by atoms with Gasteiger partial charge in [-0.05, 0) is 53.9 Å². The highest BCUT2D eigenvalue weighted by atomic mass is 35.5. The molecule has 0 spiro atoms. The lowest BCUT2D eigenvalue weighted by atomic mass is 9.91. The zero-order valence-electron chi connectivity index (χ0n) is 15.8. The molecule has 0 fully saturated rings. The number of aromatic amines is 1. The van der Waals surface area contributed by atoms with Gasteiger partial charge < -0.3 is 9.88 Å². The second-order valence-corrected chi connectivity index (χ2v) is 8.67. The summed E-state index contributed by atoms with van der Waals surface area (Å²) < 4.78 is 0. The maximum Gasteiger partial charge on any atom is 0.256 e. The molecule has 6 heteroatoms. The van der Waals surface area contributed by atoms with Gasteiger partial charge in [0.1, 0.15) is 0 Å². The molecule has 0 radical (unpaired) electrons. The number of fused-ring (bicyclic) bond motifs is 3. The maximum absolute atomic E-state index is 13.6. The fraction of sp³-hybridized carbons (Fsp3) is 0.125. The number of rotatable bonds is 2. The highest BCUT2D eigenvalue weighted by Gasteiger charge is 2.35. The smallest absolute Gasteiger partial charge is 0.256 e. The minimum atomic E-state index is -0.266. The van der Waals surface area contributed by atoms with E-state index in [1.54, 1.807) is 18.2 Å². The number of carbonyl (C=O) groups excluding carboxylic acids is 1. The molecule has 0 unspecified atom stereocenters. The zero-order valence-corrected chi connectivity index (χ0v) is 18.1. The minimum Gasteiger partial charge on any atom is -0.356 e. The minimum absolute atomic E-state index is 0.124. The first-order valence-corrected chi connectivity index (χ1v) is 10.8. The van der Waals surface area contributed by atoms with Crippen LogP contribution in [0.5, 0.6) is 0 Å². The highest BCUT2D eigenvalue weighted by molar-refractivity contribution is 6.36. The third-order valence-corrected chi connectivity index (χ3v) is 6.44. The number of nitrogens with zero attached hydrogens (tertiary/aromatic N) is 1. The van der Waals surface area contributed by atoms with Crippen LogP contribution in [0.1, 0.15) is 33.2 Å². The molecule has 0 aliphatic carbocycles. The summed E-state index contributed by atoms with van der Waals surface area (Å²) in [6.45, 7) is 0.583. The molecule has 1 aliphatic rings. The van der Waals surface area contributed by atoms with Crippen molar-refractivity contribution in [2.24, 2.45) is 0 Å². The van der Waals surface area contributed by atoms with Crippen LogP contribution in [0.2, 0.25) is 15.1 Å². The Morgan fingerprint density at radius 3 is 2.43 bits per heavy atom. The molecule has 30 heavy (non-hydrogen) atoms. The molecule has 3 nitrogen and oxygen atoms in total. The van der Waals surface area contributed by atoms with Crippen LogP contribution >= 0.6 is 34.8 Å².